The molecule has 0 N–H and O–H groups in total. The molecule has 1 unspecified atom stereocenters. The van der Waals surface area contributed by atoms with E-state index in [0.717, 1.165) is 5.54 Å². The Hall–Kier alpha value is 0.217. The zero-order chi connectivity index (χ0) is 11.4. The van der Waals surface area contributed by atoms with E-state index >= 15 is 0 Å². The van der Waals surface area contributed by atoms with Crippen LogP contribution < -0.4 is 0 Å². The summed E-state index contributed by atoms with van der Waals surface area (Å²) >= 11 is 0. The molecule has 0 saturated carbocycles. The predicted molar refractivity (Wildman–Crippen MR) is 70.7 cm³/mol. The van der Waals surface area contributed by atoms with Gasteiger partial charge in [-0.25, -0.2) is 0 Å². The zero-order valence-corrected chi connectivity index (χ0v) is 12.4. The molecule has 0 saturated heterocycles. The summed E-state index contributed by atoms with van der Waals surface area (Å²) in [6.45, 7) is 17.1. The van der Waals surface area contributed by atoms with Gasteiger partial charge >= 0.3 is 0 Å². The molecule has 0 heterocycles. The minimum Gasteiger partial charge on any atom is -0.0691 e. The van der Waals surface area contributed by atoms with Gasteiger partial charge in [-0.15, -0.1) is 0 Å². The Balaban J connectivity index is 4.47. The normalized spacial score (nSPS) is 15.6. The van der Waals surface area contributed by atoms with E-state index in [9.17, 15) is 0 Å². The van der Waals surface area contributed by atoms with Crippen LogP contribution in [0.2, 0.25) is 24.7 Å². The van der Waals surface area contributed by atoms with E-state index in [-0.39, 0.29) is 0 Å². The van der Waals surface area contributed by atoms with E-state index in [1.807, 2.05) is 0 Å². The van der Waals surface area contributed by atoms with Gasteiger partial charge in [0.15, 0.2) is 0 Å². The lowest BCUT2D eigenvalue weighted by Crippen LogP contribution is -2.36. The zero-order valence-electron chi connectivity index (χ0n) is 11.4. The summed E-state index contributed by atoms with van der Waals surface area (Å²) in [6, 6.07) is 1.50. The van der Waals surface area contributed by atoms with Gasteiger partial charge in [-0.1, -0.05) is 73.0 Å². The molecule has 0 amide bonds. The van der Waals surface area contributed by atoms with E-state index in [1.165, 1.54) is 25.3 Å². The van der Waals surface area contributed by atoms with Gasteiger partial charge in [0, 0.05) is 0 Å². The van der Waals surface area contributed by atoms with Gasteiger partial charge in [-0.2, -0.15) is 0 Å². The van der Waals surface area contributed by atoms with Gasteiger partial charge in [0.1, 0.15) is 0 Å². The van der Waals surface area contributed by atoms with Crippen LogP contribution in [0.4, 0.5) is 0 Å². The standard InChI is InChI=1S/C13H30Si/c1-8-12(4)14(6,7)11-13(5,9-2)10-3/h12H,8-11H2,1-7H3. The average molecular weight is 214 g/mol. The van der Waals surface area contributed by atoms with Crippen molar-refractivity contribution in [3.05, 3.63) is 0 Å². The Morgan fingerprint density at radius 1 is 1.07 bits per heavy atom. The molecular weight excluding hydrogens is 184 g/mol. The highest BCUT2D eigenvalue weighted by atomic mass is 28.3. The summed E-state index contributed by atoms with van der Waals surface area (Å²) in [6.07, 6.45) is 4.05. The number of rotatable bonds is 6. The Bertz CT molecular complexity index is 157. The van der Waals surface area contributed by atoms with Crippen LogP contribution >= 0.6 is 0 Å². The third kappa shape index (κ3) is 3.76. The van der Waals surface area contributed by atoms with E-state index in [1.54, 1.807) is 0 Å². The smallest absolute Gasteiger partial charge is 0.0507 e. The second-order valence-electron chi connectivity index (χ2n) is 5.99. The second-order valence-corrected chi connectivity index (χ2v) is 11.3. The molecule has 0 aliphatic rings. The maximum absolute atomic E-state index is 2.57. The minimum absolute atomic E-state index is 0.610. The first-order valence-electron chi connectivity index (χ1n) is 6.31. The lowest BCUT2D eigenvalue weighted by molar-refractivity contribution is 0.331. The van der Waals surface area contributed by atoms with Crippen LogP contribution in [0.1, 0.15) is 53.9 Å². The molecule has 0 aliphatic heterocycles. The average Bonchev–Trinajstić information content (AvgIpc) is 2.15. The molecular formula is C13H30Si. The van der Waals surface area contributed by atoms with Crippen molar-refractivity contribution in [2.24, 2.45) is 5.41 Å². The molecule has 0 aromatic heterocycles. The van der Waals surface area contributed by atoms with Gasteiger partial charge in [-0.3, -0.25) is 0 Å². The molecule has 0 aliphatic carbocycles. The molecule has 0 rings (SSSR count). The third-order valence-electron chi connectivity index (χ3n) is 4.54. The van der Waals surface area contributed by atoms with Crippen LogP contribution in [0.5, 0.6) is 0 Å². The quantitative estimate of drug-likeness (QED) is 0.525. The molecule has 86 valence electrons. The van der Waals surface area contributed by atoms with Crippen molar-refractivity contribution in [2.45, 2.75) is 78.6 Å². The Kier molecular flexibility index (Phi) is 5.42. The van der Waals surface area contributed by atoms with Crippen LogP contribution in [0.25, 0.3) is 0 Å². The van der Waals surface area contributed by atoms with E-state index in [0.29, 0.717) is 5.41 Å². The fraction of sp³-hybridized carbons (Fsp3) is 1.00. The molecule has 1 heteroatoms. The Labute approximate surface area is 92.5 Å². The fourth-order valence-electron chi connectivity index (χ4n) is 2.33. The van der Waals surface area contributed by atoms with Gasteiger partial charge in [-0.05, 0) is 11.0 Å². The molecule has 0 aromatic rings. The monoisotopic (exact) mass is 214 g/mol. The topological polar surface area (TPSA) is 0 Å². The van der Waals surface area contributed by atoms with Crippen LogP contribution in [0.15, 0.2) is 0 Å². The Morgan fingerprint density at radius 3 is 1.79 bits per heavy atom. The Morgan fingerprint density at radius 2 is 1.50 bits per heavy atom. The first-order valence-corrected chi connectivity index (χ1v) is 9.59. The van der Waals surface area contributed by atoms with Crippen molar-refractivity contribution >= 4 is 8.07 Å². The lowest BCUT2D eigenvalue weighted by atomic mass is 9.87. The largest absolute Gasteiger partial charge is 0.0691 e. The van der Waals surface area contributed by atoms with Crippen molar-refractivity contribution in [1.82, 2.24) is 0 Å². The van der Waals surface area contributed by atoms with Crippen LogP contribution in [-0.4, -0.2) is 8.07 Å². The molecule has 0 nitrogen and oxygen atoms in total. The molecule has 0 aromatic carbocycles. The summed E-state index contributed by atoms with van der Waals surface area (Å²) < 4.78 is 0. The van der Waals surface area contributed by atoms with Crippen molar-refractivity contribution in [3.63, 3.8) is 0 Å². The molecule has 0 spiro atoms. The van der Waals surface area contributed by atoms with Crippen molar-refractivity contribution in [3.8, 4) is 0 Å². The summed E-state index contributed by atoms with van der Waals surface area (Å²) in [5, 5.41) is 0. The molecule has 0 bridgehead atoms. The lowest BCUT2D eigenvalue weighted by Gasteiger charge is -2.38. The number of hydrogen-bond acceptors (Lipinski definition) is 0. The van der Waals surface area contributed by atoms with Crippen molar-refractivity contribution in [2.75, 3.05) is 0 Å². The fourth-order valence-corrected chi connectivity index (χ4v) is 6.48. The summed E-state index contributed by atoms with van der Waals surface area (Å²) in [5.41, 5.74) is 1.58. The molecule has 14 heavy (non-hydrogen) atoms. The minimum atomic E-state index is -0.984. The molecule has 0 radical (unpaired) electrons. The van der Waals surface area contributed by atoms with Crippen LogP contribution in [0.3, 0.4) is 0 Å². The first-order chi connectivity index (χ1) is 6.31. The highest BCUT2D eigenvalue weighted by Gasteiger charge is 2.34. The third-order valence-corrected chi connectivity index (χ3v) is 9.38. The van der Waals surface area contributed by atoms with Crippen molar-refractivity contribution < 1.29 is 0 Å². The van der Waals surface area contributed by atoms with Gasteiger partial charge < -0.3 is 0 Å². The van der Waals surface area contributed by atoms with E-state index in [4.69, 9.17) is 0 Å². The summed E-state index contributed by atoms with van der Waals surface area (Å²) in [5.74, 6) is 0. The molecule has 1 atom stereocenters. The summed E-state index contributed by atoms with van der Waals surface area (Å²) in [4.78, 5) is 0. The SMILES string of the molecule is CCC(C)[Si](C)(C)CC(C)(CC)CC. The van der Waals surface area contributed by atoms with Crippen molar-refractivity contribution in [1.29, 1.82) is 0 Å². The predicted octanol–water partition coefficient (Wildman–Crippen LogP) is 5.32. The number of hydrogen-bond donors (Lipinski definition) is 0. The van der Waals surface area contributed by atoms with Crippen LogP contribution in [-0.2, 0) is 0 Å². The first kappa shape index (κ1) is 14.2. The van der Waals surface area contributed by atoms with Gasteiger partial charge in [0.05, 0.1) is 8.07 Å². The highest BCUT2D eigenvalue weighted by molar-refractivity contribution is 6.78. The van der Waals surface area contributed by atoms with Crippen LogP contribution in [0, 0.1) is 5.41 Å². The van der Waals surface area contributed by atoms with Gasteiger partial charge in [0.25, 0.3) is 0 Å². The van der Waals surface area contributed by atoms with E-state index < -0.39 is 8.07 Å². The maximum Gasteiger partial charge on any atom is 0.0507 e. The highest BCUT2D eigenvalue weighted by Crippen LogP contribution is 2.40. The second kappa shape index (κ2) is 5.34. The van der Waals surface area contributed by atoms with E-state index in [2.05, 4.69) is 47.7 Å². The van der Waals surface area contributed by atoms with Gasteiger partial charge in [0.2, 0.25) is 0 Å². The maximum atomic E-state index is 2.57. The summed E-state index contributed by atoms with van der Waals surface area (Å²) in [7, 11) is -0.984. The molecule has 0 fully saturated rings.